The summed E-state index contributed by atoms with van der Waals surface area (Å²) in [5, 5.41) is 0. The molecule has 5 heteroatoms. The molecule has 0 spiro atoms. The molecule has 0 radical (unpaired) electrons. The van der Waals surface area contributed by atoms with Crippen LogP contribution in [0.4, 0.5) is 0 Å². The maximum atomic E-state index is 6.12. The predicted octanol–water partition coefficient (Wildman–Crippen LogP) is 3.51. The number of aryl methyl sites for hydroxylation is 1. The summed E-state index contributed by atoms with van der Waals surface area (Å²) in [6.45, 7) is 5.53. The highest BCUT2D eigenvalue weighted by Crippen LogP contribution is 2.19. The first kappa shape index (κ1) is 17.1. The number of pyridine rings is 1. The smallest absolute Gasteiger partial charge is 0.0890 e. The topological polar surface area (TPSA) is 51.1 Å². The van der Waals surface area contributed by atoms with Gasteiger partial charge in [-0.3, -0.25) is 9.88 Å². The lowest BCUT2D eigenvalue weighted by atomic mass is 10.1. The van der Waals surface area contributed by atoms with Crippen molar-refractivity contribution in [2.24, 2.45) is 0 Å². The average molecular weight is 348 g/mol. The summed E-state index contributed by atoms with van der Waals surface area (Å²) in [6, 6.07) is 12.1. The molecule has 1 atom stereocenters. The fraction of sp³-hybridized carbons (Fsp3) is 0.381. The van der Waals surface area contributed by atoms with E-state index in [1.54, 1.807) is 6.20 Å². The molecular weight excluding hydrogens is 324 g/mol. The van der Waals surface area contributed by atoms with Gasteiger partial charge in [-0.25, -0.2) is 9.97 Å². The van der Waals surface area contributed by atoms with Crippen LogP contribution in [0.3, 0.4) is 0 Å². The minimum absolute atomic E-state index is 0.262. The van der Waals surface area contributed by atoms with Crippen LogP contribution in [0.1, 0.15) is 29.8 Å². The highest BCUT2D eigenvalue weighted by atomic mass is 16.5. The van der Waals surface area contributed by atoms with Crippen molar-refractivity contribution in [1.82, 2.24) is 19.9 Å². The van der Waals surface area contributed by atoms with Crippen LogP contribution in [0.2, 0.25) is 0 Å². The standard InChI is InChI=1S/C21H24N4O/c1-16-21(24-20-9-3-2-8-19(20)23-16)14-25-11-5-7-18(13-25)26-15-17-6-4-10-22-12-17/h2-4,6,8-10,12,18H,5,7,11,13-15H2,1H3. The molecule has 1 fully saturated rings. The summed E-state index contributed by atoms with van der Waals surface area (Å²) in [5.41, 5.74) is 5.14. The van der Waals surface area contributed by atoms with E-state index in [0.29, 0.717) is 6.61 Å². The number of ether oxygens (including phenoxy) is 1. The third-order valence-electron chi connectivity index (χ3n) is 4.89. The molecule has 1 aliphatic heterocycles. The second-order valence-electron chi connectivity index (χ2n) is 6.92. The Labute approximate surface area is 154 Å². The fourth-order valence-corrected chi connectivity index (χ4v) is 3.48. The van der Waals surface area contributed by atoms with E-state index in [1.807, 2.05) is 36.5 Å². The highest BCUT2D eigenvalue weighted by Gasteiger charge is 2.21. The molecule has 3 heterocycles. The molecule has 0 bridgehead atoms. The minimum Gasteiger partial charge on any atom is -0.372 e. The SMILES string of the molecule is Cc1nc2ccccc2nc1CN1CCCC(OCc2cccnc2)C1. The first-order valence-corrected chi connectivity index (χ1v) is 9.23. The normalized spacial score (nSPS) is 18.3. The fourth-order valence-electron chi connectivity index (χ4n) is 3.48. The van der Waals surface area contributed by atoms with Gasteiger partial charge in [-0.1, -0.05) is 18.2 Å². The van der Waals surface area contributed by atoms with Crippen LogP contribution in [0.15, 0.2) is 48.8 Å². The van der Waals surface area contributed by atoms with Gasteiger partial charge < -0.3 is 4.74 Å². The lowest BCUT2D eigenvalue weighted by Gasteiger charge is -2.32. The van der Waals surface area contributed by atoms with E-state index in [9.17, 15) is 0 Å². The third kappa shape index (κ3) is 4.06. The molecule has 5 nitrogen and oxygen atoms in total. The molecule has 4 rings (SSSR count). The predicted molar refractivity (Wildman–Crippen MR) is 102 cm³/mol. The van der Waals surface area contributed by atoms with E-state index < -0.39 is 0 Å². The van der Waals surface area contributed by atoms with E-state index >= 15 is 0 Å². The van der Waals surface area contributed by atoms with Gasteiger partial charge >= 0.3 is 0 Å². The van der Waals surface area contributed by atoms with Gasteiger partial charge in [-0.2, -0.15) is 0 Å². The van der Waals surface area contributed by atoms with Gasteiger partial charge in [0.05, 0.1) is 35.1 Å². The minimum atomic E-state index is 0.262. The van der Waals surface area contributed by atoms with Crippen molar-refractivity contribution in [3.8, 4) is 0 Å². The molecule has 3 aromatic rings. The van der Waals surface area contributed by atoms with Crippen LogP contribution >= 0.6 is 0 Å². The lowest BCUT2D eigenvalue weighted by molar-refractivity contribution is -0.0124. The largest absolute Gasteiger partial charge is 0.372 e. The maximum absolute atomic E-state index is 6.12. The van der Waals surface area contributed by atoms with Crippen molar-refractivity contribution >= 4 is 11.0 Å². The molecule has 0 aliphatic carbocycles. The van der Waals surface area contributed by atoms with Crippen LogP contribution < -0.4 is 0 Å². The Balaban J connectivity index is 1.39. The summed E-state index contributed by atoms with van der Waals surface area (Å²) in [6.07, 6.45) is 6.18. The number of para-hydroxylation sites is 2. The number of fused-ring (bicyclic) bond motifs is 1. The van der Waals surface area contributed by atoms with Gasteiger partial charge in [0.2, 0.25) is 0 Å². The zero-order valence-corrected chi connectivity index (χ0v) is 15.1. The molecule has 26 heavy (non-hydrogen) atoms. The van der Waals surface area contributed by atoms with Crippen LogP contribution in [-0.2, 0) is 17.9 Å². The van der Waals surface area contributed by atoms with Gasteiger partial charge in [-0.05, 0) is 50.1 Å². The quantitative estimate of drug-likeness (QED) is 0.706. The van der Waals surface area contributed by atoms with Crippen LogP contribution in [-0.4, -0.2) is 39.0 Å². The van der Waals surface area contributed by atoms with Crippen molar-refractivity contribution in [1.29, 1.82) is 0 Å². The van der Waals surface area contributed by atoms with Gasteiger partial charge in [0, 0.05) is 25.5 Å². The summed E-state index contributed by atoms with van der Waals surface area (Å²) in [5.74, 6) is 0. The molecule has 0 amide bonds. The van der Waals surface area contributed by atoms with Gasteiger partial charge in [0.25, 0.3) is 0 Å². The van der Waals surface area contributed by atoms with Crippen molar-refractivity contribution in [2.75, 3.05) is 13.1 Å². The Morgan fingerprint density at radius 2 is 1.96 bits per heavy atom. The molecule has 0 saturated carbocycles. The van der Waals surface area contributed by atoms with E-state index in [2.05, 4.69) is 22.9 Å². The number of likely N-dealkylation sites (tertiary alicyclic amines) is 1. The van der Waals surface area contributed by atoms with Gasteiger partial charge in [-0.15, -0.1) is 0 Å². The van der Waals surface area contributed by atoms with Gasteiger partial charge in [0.1, 0.15) is 0 Å². The summed E-state index contributed by atoms with van der Waals surface area (Å²) >= 11 is 0. The Morgan fingerprint density at radius 3 is 2.77 bits per heavy atom. The number of rotatable bonds is 5. The molecule has 1 aromatic carbocycles. The van der Waals surface area contributed by atoms with Crippen LogP contribution in [0.5, 0.6) is 0 Å². The average Bonchev–Trinajstić information content (AvgIpc) is 2.68. The molecule has 1 saturated heterocycles. The summed E-state index contributed by atoms with van der Waals surface area (Å²) < 4.78 is 6.12. The number of piperidine rings is 1. The summed E-state index contributed by atoms with van der Waals surface area (Å²) in [4.78, 5) is 16.1. The zero-order chi connectivity index (χ0) is 17.8. The molecule has 1 unspecified atom stereocenters. The number of nitrogens with zero attached hydrogens (tertiary/aromatic N) is 4. The Hall–Kier alpha value is -2.37. The maximum Gasteiger partial charge on any atom is 0.0890 e. The molecule has 134 valence electrons. The highest BCUT2D eigenvalue weighted by molar-refractivity contribution is 5.74. The van der Waals surface area contributed by atoms with E-state index in [0.717, 1.165) is 60.5 Å². The molecule has 2 aromatic heterocycles. The van der Waals surface area contributed by atoms with Gasteiger partial charge in [0.15, 0.2) is 0 Å². The lowest BCUT2D eigenvalue weighted by Crippen LogP contribution is -2.39. The first-order valence-electron chi connectivity index (χ1n) is 9.23. The monoisotopic (exact) mass is 348 g/mol. The number of hydrogen-bond acceptors (Lipinski definition) is 5. The van der Waals surface area contributed by atoms with Crippen LogP contribution in [0, 0.1) is 6.92 Å². The van der Waals surface area contributed by atoms with Crippen molar-refractivity contribution in [3.05, 3.63) is 65.7 Å². The second kappa shape index (κ2) is 7.89. The van der Waals surface area contributed by atoms with Crippen molar-refractivity contribution in [3.63, 3.8) is 0 Å². The number of aromatic nitrogens is 3. The Kier molecular flexibility index (Phi) is 5.18. The Morgan fingerprint density at radius 1 is 1.12 bits per heavy atom. The third-order valence-corrected chi connectivity index (χ3v) is 4.89. The molecule has 1 aliphatic rings. The Bertz CT molecular complexity index is 868. The van der Waals surface area contributed by atoms with Crippen LogP contribution in [0.25, 0.3) is 11.0 Å². The van der Waals surface area contributed by atoms with Crippen molar-refractivity contribution < 1.29 is 4.74 Å². The van der Waals surface area contributed by atoms with E-state index in [-0.39, 0.29) is 6.10 Å². The second-order valence-corrected chi connectivity index (χ2v) is 6.92. The number of hydrogen-bond donors (Lipinski definition) is 0. The number of benzene rings is 1. The molecule has 0 N–H and O–H groups in total. The van der Waals surface area contributed by atoms with E-state index in [4.69, 9.17) is 14.7 Å². The van der Waals surface area contributed by atoms with Crippen molar-refractivity contribution in [2.45, 2.75) is 39.0 Å². The first-order chi connectivity index (χ1) is 12.8. The molecular formula is C21H24N4O. The zero-order valence-electron chi connectivity index (χ0n) is 15.1. The summed E-state index contributed by atoms with van der Waals surface area (Å²) in [7, 11) is 0. The van der Waals surface area contributed by atoms with E-state index in [1.165, 1.54) is 0 Å².